The van der Waals surface area contributed by atoms with Gasteiger partial charge in [-0.15, -0.1) is 0 Å². The van der Waals surface area contributed by atoms with Crippen molar-refractivity contribution < 1.29 is 17.9 Å². The van der Waals surface area contributed by atoms with Gasteiger partial charge in [0.1, 0.15) is 10.6 Å². The number of carbonyl (C=O) groups excluding carboxylic acids is 1. The SMILES string of the molecule is CCNC(=O)C1CCN(S(=O)(=O)c2cc(C(C)C)ccc2OC)CC1. The zero-order chi connectivity index (χ0) is 18.6. The number of piperidine rings is 1. The Bertz CT molecular complexity index is 708. The molecule has 1 aromatic carbocycles. The fraction of sp³-hybridized carbons (Fsp3) is 0.611. The summed E-state index contributed by atoms with van der Waals surface area (Å²) in [7, 11) is -2.17. The van der Waals surface area contributed by atoms with Crippen LogP contribution in [0.3, 0.4) is 0 Å². The second-order valence-corrected chi connectivity index (χ2v) is 8.54. The molecule has 1 aliphatic heterocycles. The van der Waals surface area contributed by atoms with E-state index < -0.39 is 10.0 Å². The van der Waals surface area contributed by atoms with Crippen LogP contribution in [0, 0.1) is 5.92 Å². The lowest BCUT2D eigenvalue weighted by Gasteiger charge is -2.31. The number of methoxy groups -OCH3 is 1. The lowest BCUT2D eigenvalue weighted by Crippen LogP contribution is -2.43. The van der Waals surface area contributed by atoms with Crippen LogP contribution in [-0.2, 0) is 14.8 Å². The van der Waals surface area contributed by atoms with Crippen molar-refractivity contribution in [3.63, 3.8) is 0 Å². The van der Waals surface area contributed by atoms with Crippen molar-refractivity contribution in [1.82, 2.24) is 9.62 Å². The van der Waals surface area contributed by atoms with E-state index in [4.69, 9.17) is 4.74 Å². The lowest BCUT2D eigenvalue weighted by atomic mass is 9.97. The maximum atomic E-state index is 13.1. The number of sulfonamides is 1. The van der Waals surface area contributed by atoms with Crippen molar-refractivity contribution in [3.05, 3.63) is 23.8 Å². The molecule has 1 heterocycles. The molecular weight excluding hydrogens is 340 g/mol. The summed E-state index contributed by atoms with van der Waals surface area (Å²) in [5, 5.41) is 2.81. The van der Waals surface area contributed by atoms with E-state index in [1.165, 1.54) is 11.4 Å². The van der Waals surface area contributed by atoms with Crippen molar-refractivity contribution >= 4 is 15.9 Å². The Balaban J connectivity index is 2.22. The summed E-state index contributed by atoms with van der Waals surface area (Å²) in [4.78, 5) is 12.2. The smallest absolute Gasteiger partial charge is 0.246 e. The minimum atomic E-state index is -3.65. The molecule has 7 heteroatoms. The topological polar surface area (TPSA) is 75.7 Å². The average molecular weight is 368 g/mol. The maximum Gasteiger partial charge on any atom is 0.246 e. The van der Waals surface area contributed by atoms with Crippen LogP contribution in [0.2, 0.25) is 0 Å². The zero-order valence-electron chi connectivity index (χ0n) is 15.4. The molecule has 2 rings (SSSR count). The highest BCUT2D eigenvalue weighted by Crippen LogP contribution is 2.32. The van der Waals surface area contributed by atoms with E-state index in [-0.39, 0.29) is 22.6 Å². The van der Waals surface area contributed by atoms with E-state index in [2.05, 4.69) is 5.32 Å². The maximum absolute atomic E-state index is 13.1. The molecule has 1 saturated heterocycles. The number of hydrogen-bond acceptors (Lipinski definition) is 4. The Morgan fingerprint density at radius 2 is 1.96 bits per heavy atom. The first-order valence-corrected chi connectivity index (χ1v) is 10.2. The third kappa shape index (κ3) is 4.33. The molecule has 1 amide bonds. The highest BCUT2D eigenvalue weighted by Gasteiger charge is 2.33. The molecule has 1 N–H and O–H groups in total. The molecule has 0 spiro atoms. The van der Waals surface area contributed by atoms with Gasteiger partial charge in [0, 0.05) is 25.6 Å². The Kier molecular flexibility index (Phi) is 6.46. The standard InChI is InChI=1S/C18H28N2O4S/c1-5-19-18(21)14-8-10-20(11-9-14)25(22,23)17-12-15(13(2)3)6-7-16(17)24-4/h6-7,12-14H,5,8-11H2,1-4H3,(H,19,21). The molecule has 140 valence electrons. The molecule has 25 heavy (non-hydrogen) atoms. The summed E-state index contributed by atoms with van der Waals surface area (Å²) in [6, 6.07) is 5.31. The van der Waals surface area contributed by atoms with Gasteiger partial charge in [-0.05, 0) is 43.4 Å². The molecule has 6 nitrogen and oxygen atoms in total. The normalized spacial score (nSPS) is 16.8. The average Bonchev–Trinajstić information content (AvgIpc) is 2.61. The quantitative estimate of drug-likeness (QED) is 0.836. The molecule has 1 fully saturated rings. The Morgan fingerprint density at radius 3 is 2.48 bits per heavy atom. The number of carbonyl (C=O) groups is 1. The highest BCUT2D eigenvalue weighted by atomic mass is 32.2. The van der Waals surface area contributed by atoms with Crippen LogP contribution in [0.25, 0.3) is 0 Å². The lowest BCUT2D eigenvalue weighted by molar-refractivity contribution is -0.126. The first-order chi connectivity index (χ1) is 11.8. The van der Waals surface area contributed by atoms with E-state index in [1.54, 1.807) is 12.1 Å². The van der Waals surface area contributed by atoms with Crippen LogP contribution in [-0.4, -0.2) is 45.4 Å². The number of rotatable bonds is 6. The predicted octanol–water partition coefficient (Wildman–Crippen LogP) is 2.36. The van der Waals surface area contributed by atoms with E-state index in [0.717, 1.165) is 5.56 Å². The Labute approximate surface area is 150 Å². The van der Waals surface area contributed by atoms with Crippen molar-refractivity contribution in [3.8, 4) is 5.75 Å². The van der Waals surface area contributed by atoms with Gasteiger partial charge in [-0.3, -0.25) is 4.79 Å². The second kappa shape index (κ2) is 8.19. The van der Waals surface area contributed by atoms with E-state index in [0.29, 0.717) is 38.2 Å². The van der Waals surface area contributed by atoms with E-state index >= 15 is 0 Å². The second-order valence-electron chi connectivity index (χ2n) is 6.64. The number of nitrogens with one attached hydrogen (secondary N) is 1. The van der Waals surface area contributed by atoms with Crippen LogP contribution in [0.4, 0.5) is 0 Å². The number of hydrogen-bond donors (Lipinski definition) is 1. The van der Waals surface area contributed by atoms with Gasteiger partial charge in [-0.25, -0.2) is 8.42 Å². The van der Waals surface area contributed by atoms with Crippen molar-refractivity contribution in [2.75, 3.05) is 26.7 Å². The molecule has 0 aliphatic carbocycles. The van der Waals surface area contributed by atoms with Crippen LogP contribution in [0.15, 0.2) is 23.1 Å². The molecule has 0 bridgehead atoms. The summed E-state index contributed by atoms with van der Waals surface area (Å²) in [6.07, 6.45) is 1.08. The third-order valence-electron chi connectivity index (χ3n) is 4.65. The van der Waals surface area contributed by atoms with Crippen molar-refractivity contribution in [2.45, 2.75) is 44.4 Å². The van der Waals surface area contributed by atoms with E-state index in [1.807, 2.05) is 26.8 Å². The Morgan fingerprint density at radius 1 is 1.32 bits per heavy atom. The van der Waals surface area contributed by atoms with E-state index in [9.17, 15) is 13.2 Å². The fourth-order valence-corrected chi connectivity index (χ4v) is 4.73. The van der Waals surface area contributed by atoms with Crippen LogP contribution in [0.5, 0.6) is 5.75 Å². The summed E-state index contributed by atoms with van der Waals surface area (Å²) in [5.74, 6) is 0.479. The van der Waals surface area contributed by atoms with Crippen LogP contribution in [0.1, 0.15) is 45.1 Å². The number of benzene rings is 1. The summed E-state index contributed by atoms with van der Waals surface area (Å²) >= 11 is 0. The third-order valence-corrected chi connectivity index (χ3v) is 6.57. The molecule has 0 unspecified atom stereocenters. The monoisotopic (exact) mass is 368 g/mol. The summed E-state index contributed by atoms with van der Waals surface area (Å²) < 4.78 is 32.9. The predicted molar refractivity (Wildman–Crippen MR) is 97.2 cm³/mol. The molecule has 0 saturated carbocycles. The van der Waals surface area contributed by atoms with Gasteiger partial charge in [0.25, 0.3) is 0 Å². The molecule has 0 atom stereocenters. The van der Waals surface area contributed by atoms with Crippen LogP contribution >= 0.6 is 0 Å². The van der Waals surface area contributed by atoms with Gasteiger partial charge >= 0.3 is 0 Å². The number of nitrogens with zero attached hydrogens (tertiary/aromatic N) is 1. The minimum Gasteiger partial charge on any atom is -0.495 e. The van der Waals surface area contributed by atoms with Crippen molar-refractivity contribution in [2.24, 2.45) is 5.92 Å². The first-order valence-electron chi connectivity index (χ1n) is 8.77. The number of ether oxygens (including phenoxy) is 1. The molecule has 1 aliphatic rings. The summed E-state index contributed by atoms with van der Waals surface area (Å²) in [5.41, 5.74) is 0.955. The molecule has 1 aromatic rings. The fourth-order valence-electron chi connectivity index (χ4n) is 3.07. The molecule has 0 aromatic heterocycles. The number of amides is 1. The summed E-state index contributed by atoms with van der Waals surface area (Å²) in [6.45, 7) is 7.21. The van der Waals surface area contributed by atoms with Gasteiger partial charge in [-0.2, -0.15) is 4.31 Å². The Hall–Kier alpha value is -1.60. The van der Waals surface area contributed by atoms with Gasteiger partial charge in [0.05, 0.1) is 7.11 Å². The zero-order valence-corrected chi connectivity index (χ0v) is 16.2. The first kappa shape index (κ1) is 19.7. The largest absolute Gasteiger partial charge is 0.495 e. The molecular formula is C18H28N2O4S. The molecule has 0 radical (unpaired) electrons. The highest BCUT2D eigenvalue weighted by molar-refractivity contribution is 7.89. The van der Waals surface area contributed by atoms with Gasteiger partial charge in [0.2, 0.25) is 15.9 Å². The van der Waals surface area contributed by atoms with Gasteiger partial charge in [-0.1, -0.05) is 19.9 Å². The van der Waals surface area contributed by atoms with Crippen molar-refractivity contribution in [1.29, 1.82) is 0 Å². The minimum absolute atomic E-state index is 0.0129. The van der Waals surface area contributed by atoms with Gasteiger partial charge < -0.3 is 10.1 Å². The van der Waals surface area contributed by atoms with Gasteiger partial charge in [0.15, 0.2) is 0 Å². The van der Waals surface area contributed by atoms with Crippen LogP contribution < -0.4 is 10.1 Å².